The summed E-state index contributed by atoms with van der Waals surface area (Å²) in [6.07, 6.45) is 13.4. The minimum absolute atomic E-state index is 0.140. The highest BCUT2D eigenvalue weighted by molar-refractivity contribution is 5.88. The van der Waals surface area contributed by atoms with Crippen LogP contribution in [0, 0.1) is 5.92 Å². The van der Waals surface area contributed by atoms with Gasteiger partial charge < -0.3 is 30.3 Å². The lowest BCUT2D eigenvalue weighted by Gasteiger charge is -2.21. The molecule has 216 valence electrons. The molecule has 0 aliphatic rings. The summed E-state index contributed by atoms with van der Waals surface area (Å²) in [6, 6.07) is 0. The van der Waals surface area contributed by atoms with Crippen LogP contribution in [0.2, 0.25) is 0 Å². The predicted octanol–water partition coefficient (Wildman–Crippen LogP) is 4.53. The molecule has 0 saturated carbocycles. The SMILES string of the molecule is CCCCCCCCCCCCCCCCC(CC(O)COC(=O)CC(O)(CC(=O)O)C(=O)O)C(=O)O. The van der Waals surface area contributed by atoms with Gasteiger partial charge in [-0.05, 0) is 12.8 Å². The summed E-state index contributed by atoms with van der Waals surface area (Å²) < 4.78 is 4.74. The van der Waals surface area contributed by atoms with Crippen molar-refractivity contribution in [2.45, 2.75) is 134 Å². The molecule has 0 radical (unpaired) electrons. The van der Waals surface area contributed by atoms with E-state index in [2.05, 4.69) is 6.92 Å². The molecular formula is C27H48O10. The highest BCUT2D eigenvalue weighted by Gasteiger charge is 2.41. The Balaban J connectivity index is 4.04. The summed E-state index contributed by atoms with van der Waals surface area (Å²) in [5.74, 6) is -6.56. The van der Waals surface area contributed by atoms with E-state index in [9.17, 15) is 34.5 Å². The molecule has 0 aliphatic heterocycles. The lowest BCUT2D eigenvalue weighted by atomic mass is 9.94. The van der Waals surface area contributed by atoms with Crippen LogP contribution < -0.4 is 0 Å². The second-order valence-electron chi connectivity index (χ2n) is 10.1. The van der Waals surface area contributed by atoms with Crippen LogP contribution in [0.3, 0.4) is 0 Å². The molecule has 0 heterocycles. The van der Waals surface area contributed by atoms with E-state index in [-0.39, 0.29) is 6.42 Å². The lowest BCUT2D eigenvalue weighted by molar-refractivity contribution is -0.172. The Labute approximate surface area is 220 Å². The molecule has 0 aromatic rings. The summed E-state index contributed by atoms with van der Waals surface area (Å²) in [7, 11) is 0. The number of carbonyl (C=O) groups is 4. The van der Waals surface area contributed by atoms with Gasteiger partial charge in [0.1, 0.15) is 6.61 Å². The normalized spacial score (nSPS) is 14.5. The van der Waals surface area contributed by atoms with Crippen molar-refractivity contribution in [2.24, 2.45) is 5.92 Å². The summed E-state index contributed by atoms with van der Waals surface area (Å²) in [5, 5.41) is 47.0. The topological polar surface area (TPSA) is 179 Å². The number of rotatable bonds is 25. The number of aliphatic hydroxyl groups excluding tert-OH is 1. The number of aliphatic hydroxyl groups is 2. The van der Waals surface area contributed by atoms with Crippen LogP contribution in [0.1, 0.15) is 122 Å². The van der Waals surface area contributed by atoms with E-state index in [1.54, 1.807) is 0 Å². The zero-order valence-electron chi connectivity index (χ0n) is 22.4. The molecule has 0 amide bonds. The molecule has 3 unspecified atom stereocenters. The van der Waals surface area contributed by atoms with E-state index < -0.39 is 60.9 Å². The van der Waals surface area contributed by atoms with Gasteiger partial charge in [-0.25, -0.2) is 4.79 Å². The fourth-order valence-electron chi connectivity index (χ4n) is 4.27. The minimum Gasteiger partial charge on any atom is -0.481 e. The quantitative estimate of drug-likeness (QED) is 0.0828. The molecule has 0 aromatic heterocycles. The van der Waals surface area contributed by atoms with Crippen LogP contribution in [0.15, 0.2) is 0 Å². The zero-order chi connectivity index (χ0) is 28.1. The Kier molecular flexibility index (Phi) is 19.6. The Hall–Kier alpha value is -2.20. The van der Waals surface area contributed by atoms with Gasteiger partial charge in [-0.3, -0.25) is 14.4 Å². The van der Waals surface area contributed by atoms with Crippen molar-refractivity contribution >= 4 is 23.9 Å². The smallest absolute Gasteiger partial charge is 0.336 e. The molecule has 0 aliphatic carbocycles. The third-order valence-electron chi connectivity index (χ3n) is 6.53. The highest BCUT2D eigenvalue weighted by Crippen LogP contribution is 2.20. The fourth-order valence-corrected chi connectivity index (χ4v) is 4.27. The molecule has 5 N–H and O–H groups in total. The summed E-state index contributed by atoms with van der Waals surface area (Å²) in [6.45, 7) is 1.65. The Bertz CT molecular complexity index is 666. The summed E-state index contributed by atoms with van der Waals surface area (Å²) in [4.78, 5) is 45.2. The van der Waals surface area contributed by atoms with Gasteiger partial charge >= 0.3 is 23.9 Å². The number of aliphatic carboxylic acids is 3. The molecule has 0 fully saturated rings. The fraction of sp³-hybridized carbons (Fsp3) is 0.852. The molecule has 0 spiro atoms. The predicted molar refractivity (Wildman–Crippen MR) is 137 cm³/mol. The van der Waals surface area contributed by atoms with Crippen LogP contribution in [-0.4, -0.2) is 67.7 Å². The van der Waals surface area contributed by atoms with Crippen molar-refractivity contribution in [1.29, 1.82) is 0 Å². The van der Waals surface area contributed by atoms with Gasteiger partial charge in [0.05, 0.1) is 24.9 Å². The van der Waals surface area contributed by atoms with Gasteiger partial charge in [-0.15, -0.1) is 0 Å². The van der Waals surface area contributed by atoms with Gasteiger partial charge in [0.25, 0.3) is 0 Å². The van der Waals surface area contributed by atoms with E-state index in [1.165, 1.54) is 64.2 Å². The van der Waals surface area contributed by atoms with E-state index in [0.29, 0.717) is 12.8 Å². The Morgan fingerprint density at radius 2 is 1.19 bits per heavy atom. The number of carboxylic acid groups (broad SMARTS) is 3. The minimum atomic E-state index is -2.83. The molecule has 37 heavy (non-hydrogen) atoms. The first-order valence-corrected chi connectivity index (χ1v) is 13.8. The van der Waals surface area contributed by atoms with Crippen molar-refractivity contribution in [1.82, 2.24) is 0 Å². The standard InChI is InChI=1S/C27H48O10/c1-2-3-4-5-6-7-8-9-10-11-12-13-14-15-16-21(25(32)33)17-22(28)20-37-24(31)19-27(36,26(34)35)18-23(29)30/h21-22,28,36H,2-20H2,1H3,(H,29,30)(H,32,33)(H,34,35). The average molecular weight is 533 g/mol. The number of unbranched alkanes of at least 4 members (excludes halogenated alkanes) is 13. The van der Waals surface area contributed by atoms with Crippen molar-refractivity contribution in [3.63, 3.8) is 0 Å². The molecule has 0 rings (SSSR count). The number of hydrogen-bond acceptors (Lipinski definition) is 7. The highest BCUT2D eigenvalue weighted by atomic mass is 16.5. The van der Waals surface area contributed by atoms with Crippen molar-refractivity contribution in [3.8, 4) is 0 Å². The first-order valence-electron chi connectivity index (χ1n) is 13.8. The Morgan fingerprint density at radius 3 is 1.59 bits per heavy atom. The molecule has 0 bridgehead atoms. The van der Waals surface area contributed by atoms with Crippen molar-refractivity contribution in [2.75, 3.05) is 6.61 Å². The maximum Gasteiger partial charge on any atom is 0.336 e. The van der Waals surface area contributed by atoms with Gasteiger partial charge in [0.2, 0.25) is 0 Å². The molecule has 0 aromatic carbocycles. The largest absolute Gasteiger partial charge is 0.481 e. The number of hydrogen-bond donors (Lipinski definition) is 5. The monoisotopic (exact) mass is 532 g/mol. The van der Waals surface area contributed by atoms with Gasteiger partial charge in [0, 0.05) is 0 Å². The zero-order valence-corrected chi connectivity index (χ0v) is 22.4. The van der Waals surface area contributed by atoms with Gasteiger partial charge in [-0.1, -0.05) is 96.8 Å². The maximum absolute atomic E-state index is 11.8. The van der Waals surface area contributed by atoms with E-state index in [0.717, 1.165) is 19.3 Å². The molecule has 10 nitrogen and oxygen atoms in total. The maximum atomic E-state index is 11.8. The number of esters is 1. The van der Waals surface area contributed by atoms with E-state index in [4.69, 9.17) is 14.9 Å². The van der Waals surface area contributed by atoms with Crippen molar-refractivity contribution < 1.29 is 49.4 Å². The molecular weight excluding hydrogens is 484 g/mol. The number of ether oxygens (including phenoxy) is 1. The van der Waals surface area contributed by atoms with Crippen LogP contribution in [-0.2, 0) is 23.9 Å². The summed E-state index contributed by atoms with van der Waals surface area (Å²) in [5.41, 5.74) is -2.83. The van der Waals surface area contributed by atoms with Crippen LogP contribution in [0.5, 0.6) is 0 Å². The molecule has 3 atom stereocenters. The first-order chi connectivity index (χ1) is 17.5. The number of carbonyl (C=O) groups excluding carboxylic acids is 1. The second kappa shape index (κ2) is 20.8. The van der Waals surface area contributed by atoms with E-state index >= 15 is 0 Å². The van der Waals surface area contributed by atoms with E-state index in [1.807, 2.05) is 0 Å². The van der Waals surface area contributed by atoms with Crippen molar-refractivity contribution in [3.05, 3.63) is 0 Å². The third-order valence-corrected chi connectivity index (χ3v) is 6.53. The average Bonchev–Trinajstić information content (AvgIpc) is 2.81. The van der Waals surface area contributed by atoms with Gasteiger partial charge in [-0.2, -0.15) is 0 Å². The Morgan fingerprint density at radius 1 is 0.730 bits per heavy atom. The first kappa shape index (κ1) is 34.8. The summed E-state index contributed by atoms with van der Waals surface area (Å²) >= 11 is 0. The molecule has 0 saturated heterocycles. The van der Waals surface area contributed by atoms with Gasteiger partial charge in [0.15, 0.2) is 5.60 Å². The van der Waals surface area contributed by atoms with Crippen LogP contribution >= 0.6 is 0 Å². The van der Waals surface area contributed by atoms with Crippen LogP contribution in [0.4, 0.5) is 0 Å². The number of carboxylic acids is 3. The van der Waals surface area contributed by atoms with Crippen LogP contribution in [0.25, 0.3) is 0 Å². The lowest BCUT2D eigenvalue weighted by Crippen LogP contribution is -2.43. The molecule has 10 heteroatoms. The third kappa shape index (κ3) is 18.7. The second-order valence-corrected chi connectivity index (χ2v) is 10.1.